The first kappa shape index (κ1) is 17.5. The zero-order valence-corrected chi connectivity index (χ0v) is 14.3. The van der Waals surface area contributed by atoms with Crippen LogP contribution in [0, 0.1) is 11.7 Å². The number of rotatable bonds is 4. The van der Waals surface area contributed by atoms with Gasteiger partial charge in [-0.25, -0.2) is 14.0 Å². The number of amides is 4. The van der Waals surface area contributed by atoms with E-state index in [0.29, 0.717) is 44.4 Å². The van der Waals surface area contributed by atoms with E-state index in [2.05, 4.69) is 10.6 Å². The molecule has 0 bridgehead atoms. The van der Waals surface area contributed by atoms with E-state index in [1.165, 1.54) is 23.1 Å². The van der Waals surface area contributed by atoms with Gasteiger partial charge in [-0.05, 0) is 31.0 Å². The fourth-order valence-corrected chi connectivity index (χ4v) is 3.25. The Morgan fingerprint density at radius 2 is 2.28 bits per heavy atom. The number of methoxy groups -OCH3 is 1. The van der Waals surface area contributed by atoms with Crippen LogP contribution in [0.4, 0.5) is 25.4 Å². The Labute approximate surface area is 146 Å². The third-order valence-corrected chi connectivity index (χ3v) is 4.54. The van der Waals surface area contributed by atoms with Crippen molar-refractivity contribution in [3.63, 3.8) is 0 Å². The van der Waals surface area contributed by atoms with Crippen LogP contribution in [0.1, 0.15) is 12.8 Å². The first-order valence-corrected chi connectivity index (χ1v) is 8.48. The molecule has 25 heavy (non-hydrogen) atoms. The van der Waals surface area contributed by atoms with Crippen molar-refractivity contribution >= 4 is 23.4 Å². The lowest BCUT2D eigenvalue weighted by Gasteiger charge is -2.28. The van der Waals surface area contributed by atoms with E-state index in [-0.39, 0.29) is 17.7 Å². The SMILES string of the molecule is COCC1CCN(C(=O)Nc2ccc(F)c(N3CCCNC3=O)c2)C1. The lowest BCUT2D eigenvalue weighted by atomic mass is 10.1. The van der Waals surface area contributed by atoms with Gasteiger partial charge < -0.3 is 20.3 Å². The maximum atomic E-state index is 14.1. The van der Waals surface area contributed by atoms with E-state index in [4.69, 9.17) is 4.74 Å². The number of ether oxygens (including phenoxy) is 1. The van der Waals surface area contributed by atoms with Crippen LogP contribution in [0.2, 0.25) is 0 Å². The van der Waals surface area contributed by atoms with Crippen LogP contribution >= 0.6 is 0 Å². The minimum atomic E-state index is -0.489. The quantitative estimate of drug-likeness (QED) is 0.875. The standard InChI is InChI=1S/C17H23FN4O3/c1-25-11-12-5-8-21(10-12)17(24)20-13-3-4-14(18)15(9-13)22-7-2-6-19-16(22)23/h3-4,9,12H,2,5-8,10-11H2,1H3,(H,19,23)(H,20,24). The molecule has 2 fully saturated rings. The van der Waals surface area contributed by atoms with Crippen LogP contribution in [-0.2, 0) is 4.74 Å². The first-order valence-electron chi connectivity index (χ1n) is 8.48. The predicted octanol–water partition coefficient (Wildman–Crippen LogP) is 2.25. The largest absolute Gasteiger partial charge is 0.384 e. The summed E-state index contributed by atoms with van der Waals surface area (Å²) in [5, 5.41) is 5.48. The van der Waals surface area contributed by atoms with E-state index < -0.39 is 5.82 Å². The van der Waals surface area contributed by atoms with Crippen molar-refractivity contribution in [2.24, 2.45) is 5.92 Å². The molecule has 2 heterocycles. The molecule has 0 radical (unpaired) electrons. The molecule has 2 saturated heterocycles. The molecular weight excluding hydrogens is 327 g/mol. The summed E-state index contributed by atoms with van der Waals surface area (Å²) in [6.07, 6.45) is 1.65. The molecule has 0 aromatic heterocycles. The highest BCUT2D eigenvalue weighted by Gasteiger charge is 2.27. The van der Waals surface area contributed by atoms with E-state index in [1.54, 1.807) is 12.0 Å². The Morgan fingerprint density at radius 3 is 3.04 bits per heavy atom. The van der Waals surface area contributed by atoms with Crippen LogP contribution in [0.3, 0.4) is 0 Å². The number of hydrogen-bond acceptors (Lipinski definition) is 3. The van der Waals surface area contributed by atoms with Gasteiger partial charge in [0, 0.05) is 44.9 Å². The summed E-state index contributed by atoms with van der Waals surface area (Å²) < 4.78 is 19.3. The molecular formula is C17H23FN4O3. The second-order valence-electron chi connectivity index (χ2n) is 6.39. The molecule has 4 amide bonds. The topological polar surface area (TPSA) is 73.9 Å². The number of nitrogens with zero attached hydrogens (tertiary/aromatic N) is 2. The fourth-order valence-electron chi connectivity index (χ4n) is 3.25. The van der Waals surface area contributed by atoms with Gasteiger partial charge in [0.2, 0.25) is 0 Å². The van der Waals surface area contributed by atoms with Gasteiger partial charge in [-0.15, -0.1) is 0 Å². The minimum Gasteiger partial charge on any atom is -0.384 e. The van der Waals surface area contributed by atoms with Gasteiger partial charge in [0.25, 0.3) is 0 Å². The molecule has 0 saturated carbocycles. The van der Waals surface area contributed by atoms with Gasteiger partial charge in [-0.3, -0.25) is 4.90 Å². The number of urea groups is 2. The summed E-state index contributed by atoms with van der Waals surface area (Å²) in [5.74, 6) is -0.145. The minimum absolute atomic E-state index is 0.175. The van der Waals surface area contributed by atoms with Gasteiger partial charge in [-0.2, -0.15) is 0 Å². The maximum Gasteiger partial charge on any atom is 0.321 e. The molecule has 2 N–H and O–H groups in total. The van der Waals surface area contributed by atoms with Gasteiger partial charge in [0.1, 0.15) is 5.82 Å². The number of carbonyl (C=O) groups is 2. The van der Waals surface area contributed by atoms with E-state index in [9.17, 15) is 14.0 Å². The molecule has 1 atom stereocenters. The highest BCUT2D eigenvalue weighted by atomic mass is 19.1. The molecule has 0 aliphatic carbocycles. The second-order valence-corrected chi connectivity index (χ2v) is 6.39. The number of carbonyl (C=O) groups excluding carboxylic acids is 2. The van der Waals surface area contributed by atoms with Crippen LogP contribution in [0.15, 0.2) is 18.2 Å². The Balaban J connectivity index is 1.68. The summed E-state index contributed by atoms with van der Waals surface area (Å²) >= 11 is 0. The zero-order valence-electron chi connectivity index (χ0n) is 14.3. The molecule has 8 heteroatoms. The summed E-state index contributed by atoms with van der Waals surface area (Å²) in [7, 11) is 1.65. The van der Waals surface area contributed by atoms with E-state index in [1.807, 2.05) is 0 Å². The summed E-state index contributed by atoms with van der Waals surface area (Å²) in [6, 6.07) is 3.72. The van der Waals surface area contributed by atoms with Crippen molar-refractivity contribution in [3.05, 3.63) is 24.0 Å². The summed E-state index contributed by atoms with van der Waals surface area (Å²) in [5.41, 5.74) is 0.642. The Hall–Kier alpha value is -2.35. The van der Waals surface area contributed by atoms with Crippen molar-refractivity contribution in [2.75, 3.05) is 50.1 Å². The third-order valence-electron chi connectivity index (χ3n) is 4.54. The lowest BCUT2D eigenvalue weighted by molar-refractivity contribution is 0.154. The van der Waals surface area contributed by atoms with Crippen LogP contribution in [0.25, 0.3) is 0 Å². The Bertz CT molecular complexity index is 655. The smallest absolute Gasteiger partial charge is 0.321 e. The van der Waals surface area contributed by atoms with Crippen molar-refractivity contribution in [3.8, 4) is 0 Å². The number of hydrogen-bond donors (Lipinski definition) is 2. The van der Waals surface area contributed by atoms with Crippen molar-refractivity contribution in [1.29, 1.82) is 0 Å². The highest BCUT2D eigenvalue weighted by molar-refractivity contribution is 5.95. The average molecular weight is 350 g/mol. The molecule has 3 rings (SSSR count). The molecule has 2 aliphatic heterocycles. The fraction of sp³-hybridized carbons (Fsp3) is 0.529. The highest BCUT2D eigenvalue weighted by Crippen LogP contribution is 2.26. The van der Waals surface area contributed by atoms with Crippen molar-refractivity contribution in [1.82, 2.24) is 10.2 Å². The van der Waals surface area contributed by atoms with E-state index in [0.717, 1.165) is 12.8 Å². The molecule has 2 aliphatic rings. The van der Waals surface area contributed by atoms with E-state index >= 15 is 0 Å². The molecule has 1 aromatic carbocycles. The van der Waals surface area contributed by atoms with Gasteiger partial charge in [0.05, 0.1) is 12.3 Å². The second kappa shape index (κ2) is 7.69. The zero-order chi connectivity index (χ0) is 17.8. The number of anilines is 2. The van der Waals surface area contributed by atoms with Crippen LogP contribution < -0.4 is 15.5 Å². The van der Waals surface area contributed by atoms with Gasteiger partial charge in [-0.1, -0.05) is 0 Å². The van der Waals surface area contributed by atoms with Crippen LogP contribution in [-0.4, -0.2) is 56.9 Å². The predicted molar refractivity (Wildman–Crippen MR) is 92.3 cm³/mol. The summed E-state index contributed by atoms with van der Waals surface area (Å²) in [6.45, 7) is 2.98. The third kappa shape index (κ3) is 4.01. The van der Waals surface area contributed by atoms with Crippen molar-refractivity contribution < 1.29 is 18.7 Å². The molecule has 1 aromatic rings. The monoisotopic (exact) mass is 350 g/mol. The Kier molecular flexibility index (Phi) is 5.37. The normalized spacial score (nSPS) is 20.6. The first-order chi connectivity index (χ1) is 12.1. The van der Waals surface area contributed by atoms with Gasteiger partial charge >= 0.3 is 12.1 Å². The lowest BCUT2D eigenvalue weighted by Crippen LogP contribution is -2.46. The molecule has 7 nitrogen and oxygen atoms in total. The molecule has 1 unspecified atom stereocenters. The number of nitrogens with one attached hydrogen (secondary N) is 2. The number of benzene rings is 1. The van der Waals surface area contributed by atoms with Crippen molar-refractivity contribution in [2.45, 2.75) is 12.8 Å². The summed E-state index contributed by atoms with van der Waals surface area (Å²) in [4.78, 5) is 27.4. The average Bonchev–Trinajstić information content (AvgIpc) is 3.06. The molecule has 0 spiro atoms. The van der Waals surface area contributed by atoms with Crippen LogP contribution in [0.5, 0.6) is 0 Å². The molecule has 136 valence electrons. The van der Waals surface area contributed by atoms with Gasteiger partial charge in [0.15, 0.2) is 0 Å². The Morgan fingerprint density at radius 1 is 1.44 bits per heavy atom. The maximum absolute atomic E-state index is 14.1. The number of halogens is 1. The number of likely N-dealkylation sites (tertiary alicyclic amines) is 1.